The zero-order valence-corrected chi connectivity index (χ0v) is 13.9. The molecule has 5 nitrogen and oxygen atoms in total. The Morgan fingerprint density at radius 1 is 1.21 bits per heavy atom. The number of H-pyrrole nitrogens is 1. The van der Waals surface area contributed by atoms with Crippen molar-refractivity contribution in [3.8, 4) is 0 Å². The van der Waals surface area contributed by atoms with Gasteiger partial charge in [-0.1, -0.05) is 15.9 Å². The summed E-state index contributed by atoms with van der Waals surface area (Å²) in [6, 6.07) is 11.7. The highest BCUT2D eigenvalue weighted by Gasteiger charge is 2.31. The fourth-order valence-electron chi connectivity index (χ4n) is 2.77. The molecule has 0 bridgehead atoms. The van der Waals surface area contributed by atoms with Crippen LogP contribution in [0.2, 0.25) is 0 Å². The van der Waals surface area contributed by atoms with Crippen LogP contribution in [0.1, 0.15) is 5.82 Å². The van der Waals surface area contributed by atoms with Gasteiger partial charge in [0.15, 0.2) is 0 Å². The average Bonchev–Trinajstić information content (AvgIpc) is 3.08. The summed E-state index contributed by atoms with van der Waals surface area (Å²) in [7, 11) is 0. The molecule has 2 aromatic carbocycles. The molecule has 2 heterocycles. The van der Waals surface area contributed by atoms with Gasteiger partial charge in [0.05, 0.1) is 23.2 Å². The quantitative estimate of drug-likeness (QED) is 0.616. The van der Waals surface area contributed by atoms with Crippen molar-refractivity contribution in [2.75, 3.05) is 11.4 Å². The summed E-state index contributed by atoms with van der Waals surface area (Å²) in [6.07, 6.45) is 0. The predicted octanol–water partition coefficient (Wildman–Crippen LogP) is 4.23. The SMILES string of the molecule is N=C1C(c2nc3ccc(F)cc3[nH]2)=C(O)CN1c1ccc(Br)cc1. The van der Waals surface area contributed by atoms with Crippen molar-refractivity contribution >= 4 is 44.1 Å². The average molecular weight is 387 g/mol. The Kier molecular flexibility index (Phi) is 3.38. The van der Waals surface area contributed by atoms with Crippen LogP contribution in [0.3, 0.4) is 0 Å². The molecule has 0 atom stereocenters. The van der Waals surface area contributed by atoms with Gasteiger partial charge in [0.1, 0.15) is 23.2 Å². The van der Waals surface area contributed by atoms with Gasteiger partial charge < -0.3 is 15.0 Å². The molecule has 120 valence electrons. The fourth-order valence-corrected chi connectivity index (χ4v) is 3.03. The molecule has 4 rings (SSSR count). The van der Waals surface area contributed by atoms with Crippen molar-refractivity contribution < 1.29 is 9.50 Å². The third-order valence-corrected chi connectivity index (χ3v) is 4.45. The molecule has 1 aliphatic heterocycles. The topological polar surface area (TPSA) is 76.0 Å². The number of benzene rings is 2. The van der Waals surface area contributed by atoms with Crippen LogP contribution in [0, 0.1) is 11.2 Å². The summed E-state index contributed by atoms with van der Waals surface area (Å²) in [4.78, 5) is 9.03. The number of hydrogen-bond acceptors (Lipinski definition) is 3. The lowest BCUT2D eigenvalue weighted by molar-refractivity contribution is 0.411. The number of amidine groups is 1. The lowest BCUT2D eigenvalue weighted by atomic mass is 10.2. The number of aromatic amines is 1. The third-order valence-electron chi connectivity index (χ3n) is 3.92. The van der Waals surface area contributed by atoms with Gasteiger partial charge in [0.2, 0.25) is 0 Å². The Balaban J connectivity index is 1.73. The number of aromatic nitrogens is 2. The maximum absolute atomic E-state index is 13.3. The molecule has 0 saturated carbocycles. The Morgan fingerprint density at radius 3 is 2.71 bits per heavy atom. The molecule has 0 radical (unpaired) electrons. The van der Waals surface area contributed by atoms with E-state index < -0.39 is 0 Å². The number of aliphatic hydroxyl groups is 1. The maximum atomic E-state index is 13.3. The van der Waals surface area contributed by atoms with Gasteiger partial charge in [-0.25, -0.2) is 9.37 Å². The van der Waals surface area contributed by atoms with E-state index in [9.17, 15) is 9.50 Å². The second-order valence-corrected chi connectivity index (χ2v) is 6.40. The monoisotopic (exact) mass is 386 g/mol. The number of nitrogens with zero attached hydrogens (tertiary/aromatic N) is 2. The summed E-state index contributed by atoms with van der Waals surface area (Å²) in [5, 5.41) is 18.7. The largest absolute Gasteiger partial charge is 0.509 e. The number of hydrogen-bond donors (Lipinski definition) is 3. The van der Waals surface area contributed by atoms with Crippen molar-refractivity contribution in [3.63, 3.8) is 0 Å². The molecule has 1 aliphatic rings. The highest BCUT2D eigenvalue weighted by molar-refractivity contribution is 9.10. The van der Waals surface area contributed by atoms with Crippen LogP contribution in [-0.2, 0) is 0 Å². The van der Waals surface area contributed by atoms with E-state index >= 15 is 0 Å². The fraction of sp³-hybridized carbons (Fsp3) is 0.0588. The standard InChI is InChI=1S/C17H12BrFN4O/c18-9-1-4-11(5-2-9)23-8-14(24)15(16(23)20)17-21-12-6-3-10(19)7-13(12)22-17/h1-7,20,24H,8H2,(H,21,22). The summed E-state index contributed by atoms with van der Waals surface area (Å²) in [5.41, 5.74) is 2.24. The summed E-state index contributed by atoms with van der Waals surface area (Å²) in [6.45, 7) is 0.196. The normalized spacial score (nSPS) is 14.9. The van der Waals surface area contributed by atoms with Crippen LogP contribution in [-0.4, -0.2) is 27.5 Å². The molecule has 0 amide bonds. The number of aliphatic hydroxyl groups excluding tert-OH is 1. The van der Waals surface area contributed by atoms with Gasteiger partial charge >= 0.3 is 0 Å². The van der Waals surface area contributed by atoms with Crippen molar-refractivity contribution in [3.05, 3.63) is 64.3 Å². The van der Waals surface area contributed by atoms with Crippen LogP contribution in [0.5, 0.6) is 0 Å². The highest BCUT2D eigenvalue weighted by atomic mass is 79.9. The molecule has 0 aliphatic carbocycles. The third kappa shape index (κ3) is 2.37. The van der Waals surface area contributed by atoms with Gasteiger partial charge in [-0.05, 0) is 42.5 Å². The summed E-state index contributed by atoms with van der Waals surface area (Å²) in [5.74, 6) is 0.198. The maximum Gasteiger partial charge on any atom is 0.145 e. The van der Waals surface area contributed by atoms with Crippen LogP contribution in [0.4, 0.5) is 10.1 Å². The second kappa shape index (κ2) is 5.45. The lowest BCUT2D eigenvalue weighted by Gasteiger charge is -2.18. The van der Waals surface area contributed by atoms with E-state index in [-0.39, 0.29) is 24.0 Å². The van der Waals surface area contributed by atoms with Gasteiger partial charge in [0, 0.05) is 10.2 Å². The molecule has 24 heavy (non-hydrogen) atoms. The smallest absolute Gasteiger partial charge is 0.145 e. The molecule has 0 saturated heterocycles. The lowest BCUT2D eigenvalue weighted by Crippen LogP contribution is -2.26. The van der Waals surface area contributed by atoms with Crippen LogP contribution < -0.4 is 4.90 Å². The number of nitrogens with one attached hydrogen (secondary N) is 2. The molecule has 0 spiro atoms. The van der Waals surface area contributed by atoms with Crippen LogP contribution in [0.15, 0.2) is 52.7 Å². The Morgan fingerprint density at radius 2 is 1.96 bits per heavy atom. The number of anilines is 1. The Labute approximate surface area is 145 Å². The first-order chi connectivity index (χ1) is 11.5. The van der Waals surface area contributed by atoms with E-state index in [1.54, 1.807) is 11.0 Å². The zero-order chi connectivity index (χ0) is 16.8. The molecule has 0 unspecified atom stereocenters. The first-order valence-electron chi connectivity index (χ1n) is 7.23. The molecule has 0 fully saturated rings. The van der Waals surface area contributed by atoms with Gasteiger partial charge in [0.25, 0.3) is 0 Å². The molecule has 3 aromatic rings. The minimum Gasteiger partial charge on any atom is -0.509 e. The van der Waals surface area contributed by atoms with E-state index in [1.807, 2.05) is 24.3 Å². The van der Waals surface area contributed by atoms with Crippen LogP contribution >= 0.6 is 15.9 Å². The van der Waals surface area contributed by atoms with Crippen molar-refractivity contribution in [1.82, 2.24) is 9.97 Å². The molecule has 7 heteroatoms. The number of imidazole rings is 1. The first kappa shape index (κ1) is 14.9. The van der Waals surface area contributed by atoms with E-state index in [1.165, 1.54) is 12.1 Å². The predicted molar refractivity (Wildman–Crippen MR) is 94.8 cm³/mol. The zero-order valence-electron chi connectivity index (χ0n) is 12.3. The van der Waals surface area contributed by atoms with Gasteiger partial charge in [-0.2, -0.15) is 0 Å². The van der Waals surface area contributed by atoms with Crippen LogP contribution in [0.25, 0.3) is 16.6 Å². The molecular weight excluding hydrogens is 375 g/mol. The van der Waals surface area contributed by atoms with Gasteiger partial charge in [-0.15, -0.1) is 0 Å². The molecular formula is C17H12BrFN4O. The van der Waals surface area contributed by atoms with E-state index in [0.717, 1.165) is 10.2 Å². The van der Waals surface area contributed by atoms with Crippen molar-refractivity contribution in [2.45, 2.75) is 0 Å². The second-order valence-electron chi connectivity index (χ2n) is 5.48. The van der Waals surface area contributed by atoms with E-state index in [4.69, 9.17) is 5.41 Å². The highest BCUT2D eigenvalue weighted by Crippen LogP contribution is 2.31. The first-order valence-corrected chi connectivity index (χ1v) is 8.02. The minimum absolute atomic E-state index is 0.0578. The van der Waals surface area contributed by atoms with E-state index in [2.05, 4.69) is 25.9 Å². The van der Waals surface area contributed by atoms with Gasteiger partial charge in [-0.3, -0.25) is 5.41 Å². The summed E-state index contributed by atoms with van der Waals surface area (Å²) >= 11 is 3.38. The van der Waals surface area contributed by atoms with Crippen molar-refractivity contribution in [1.29, 1.82) is 5.41 Å². The van der Waals surface area contributed by atoms with E-state index in [0.29, 0.717) is 22.4 Å². The number of fused-ring (bicyclic) bond motifs is 1. The molecule has 1 aromatic heterocycles. The number of rotatable bonds is 2. The molecule has 3 N–H and O–H groups in total. The Bertz CT molecular complexity index is 993. The van der Waals surface area contributed by atoms with Crippen molar-refractivity contribution in [2.24, 2.45) is 0 Å². The number of halogens is 2. The minimum atomic E-state index is -0.367. The Hall–Kier alpha value is -2.67. The summed E-state index contributed by atoms with van der Waals surface area (Å²) < 4.78 is 14.3.